The Morgan fingerprint density at radius 3 is 2.87 bits per heavy atom. The molecule has 5 heteroatoms. The third-order valence-corrected chi connectivity index (χ3v) is 3.50. The van der Waals surface area contributed by atoms with Gasteiger partial charge in [0, 0.05) is 6.54 Å². The quantitative estimate of drug-likeness (QED) is 0.897. The summed E-state index contributed by atoms with van der Waals surface area (Å²) in [6, 6.07) is 0. The van der Waals surface area contributed by atoms with Crippen LogP contribution in [0.25, 0.3) is 0 Å². The maximum absolute atomic E-state index is 14.7. The topological polar surface area (TPSA) is 29.9 Å². The molecule has 1 aliphatic heterocycles. The fraction of sp³-hybridized carbons (Fsp3) is 0.700. The van der Waals surface area contributed by atoms with E-state index in [1.807, 2.05) is 6.92 Å². The Morgan fingerprint density at radius 2 is 2.27 bits per heavy atom. The van der Waals surface area contributed by atoms with Crippen LogP contribution in [0.15, 0.2) is 10.7 Å². The first-order valence-corrected chi connectivity index (χ1v) is 6.08. The number of aryl methyl sites for hydroxylation is 1. The highest BCUT2D eigenvalue weighted by molar-refractivity contribution is 9.10. The summed E-state index contributed by atoms with van der Waals surface area (Å²) in [7, 11) is 0. The molecule has 1 aromatic rings. The van der Waals surface area contributed by atoms with Crippen LogP contribution in [0.1, 0.15) is 25.5 Å². The van der Waals surface area contributed by atoms with E-state index in [1.54, 1.807) is 10.9 Å². The molecule has 0 aliphatic carbocycles. The molecule has 0 aromatic carbocycles. The van der Waals surface area contributed by atoms with E-state index in [2.05, 4.69) is 26.3 Å². The molecular formula is C10H15BrFN3. The van der Waals surface area contributed by atoms with Gasteiger partial charge in [-0.1, -0.05) is 0 Å². The first kappa shape index (κ1) is 11.1. The fourth-order valence-corrected chi connectivity index (χ4v) is 2.76. The van der Waals surface area contributed by atoms with Crippen molar-refractivity contribution in [1.29, 1.82) is 0 Å². The summed E-state index contributed by atoms with van der Waals surface area (Å²) >= 11 is 3.38. The molecule has 1 N–H and O–H groups in total. The number of alkyl halides is 1. The highest BCUT2D eigenvalue weighted by Gasteiger charge is 2.38. The van der Waals surface area contributed by atoms with Gasteiger partial charge in [-0.3, -0.25) is 4.68 Å². The summed E-state index contributed by atoms with van der Waals surface area (Å²) in [5, 5.41) is 7.34. The number of rotatable bonds is 2. The van der Waals surface area contributed by atoms with E-state index in [0.29, 0.717) is 25.1 Å². The van der Waals surface area contributed by atoms with Crippen LogP contribution in [0.5, 0.6) is 0 Å². The van der Waals surface area contributed by atoms with Gasteiger partial charge < -0.3 is 5.32 Å². The summed E-state index contributed by atoms with van der Waals surface area (Å²) in [4.78, 5) is 0. The van der Waals surface area contributed by atoms with E-state index in [1.165, 1.54) is 0 Å². The lowest BCUT2D eigenvalue weighted by Crippen LogP contribution is -2.38. The maximum atomic E-state index is 14.7. The molecular weight excluding hydrogens is 261 g/mol. The zero-order valence-electron chi connectivity index (χ0n) is 8.76. The van der Waals surface area contributed by atoms with E-state index in [-0.39, 0.29) is 0 Å². The van der Waals surface area contributed by atoms with E-state index in [9.17, 15) is 4.39 Å². The molecule has 1 saturated heterocycles. The van der Waals surface area contributed by atoms with Crippen LogP contribution in [-0.4, -0.2) is 22.9 Å². The van der Waals surface area contributed by atoms with Gasteiger partial charge in [-0.25, -0.2) is 4.39 Å². The molecule has 15 heavy (non-hydrogen) atoms. The van der Waals surface area contributed by atoms with Gasteiger partial charge in [-0.15, -0.1) is 0 Å². The summed E-state index contributed by atoms with van der Waals surface area (Å²) < 4.78 is 17.2. The lowest BCUT2D eigenvalue weighted by Gasteiger charge is -2.30. The van der Waals surface area contributed by atoms with Crippen molar-refractivity contribution in [2.24, 2.45) is 0 Å². The SMILES string of the molecule is CCn1ncc(Br)c1C1(F)CCNCC1. The number of halogens is 2. The fourth-order valence-electron chi connectivity index (χ4n) is 2.11. The predicted molar refractivity (Wildman–Crippen MR) is 60.5 cm³/mol. The molecule has 1 aliphatic rings. The highest BCUT2D eigenvalue weighted by atomic mass is 79.9. The molecule has 0 atom stereocenters. The second-order valence-electron chi connectivity index (χ2n) is 3.87. The van der Waals surface area contributed by atoms with Crippen molar-refractivity contribution in [1.82, 2.24) is 15.1 Å². The minimum absolute atomic E-state index is 0.525. The van der Waals surface area contributed by atoms with Crippen LogP contribution >= 0.6 is 15.9 Å². The molecule has 0 amide bonds. The molecule has 0 bridgehead atoms. The van der Waals surface area contributed by atoms with Crippen molar-refractivity contribution in [3.05, 3.63) is 16.4 Å². The number of nitrogens with one attached hydrogen (secondary N) is 1. The molecule has 2 heterocycles. The summed E-state index contributed by atoms with van der Waals surface area (Å²) in [6.07, 6.45) is 2.73. The smallest absolute Gasteiger partial charge is 0.155 e. The van der Waals surface area contributed by atoms with Gasteiger partial charge in [0.25, 0.3) is 0 Å². The van der Waals surface area contributed by atoms with Gasteiger partial charge in [0.2, 0.25) is 0 Å². The van der Waals surface area contributed by atoms with Crippen LogP contribution in [-0.2, 0) is 12.2 Å². The molecule has 0 spiro atoms. The number of hydrogen-bond donors (Lipinski definition) is 1. The molecule has 1 aromatic heterocycles. The predicted octanol–water partition coefficient (Wildman–Crippen LogP) is 2.21. The molecule has 84 valence electrons. The van der Waals surface area contributed by atoms with Gasteiger partial charge in [-0.2, -0.15) is 5.10 Å². The summed E-state index contributed by atoms with van der Waals surface area (Å²) in [5.41, 5.74) is -0.525. The van der Waals surface area contributed by atoms with Crippen LogP contribution < -0.4 is 5.32 Å². The Kier molecular flexibility index (Phi) is 3.11. The Bertz CT molecular complexity index is 344. The normalized spacial score (nSPS) is 20.5. The monoisotopic (exact) mass is 275 g/mol. The first-order chi connectivity index (χ1) is 7.17. The number of nitrogens with zero attached hydrogens (tertiary/aromatic N) is 2. The van der Waals surface area contributed by atoms with Crippen molar-refractivity contribution in [3.63, 3.8) is 0 Å². The zero-order valence-corrected chi connectivity index (χ0v) is 10.3. The van der Waals surface area contributed by atoms with Gasteiger partial charge in [0.05, 0.1) is 16.4 Å². The Morgan fingerprint density at radius 1 is 1.60 bits per heavy atom. The maximum Gasteiger partial charge on any atom is 0.155 e. The first-order valence-electron chi connectivity index (χ1n) is 5.29. The lowest BCUT2D eigenvalue weighted by atomic mass is 9.91. The zero-order chi connectivity index (χ0) is 10.9. The molecule has 0 unspecified atom stereocenters. The van der Waals surface area contributed by atoms with Crippen LogP contribution in [0.2, 0.25) is 0 Å². The van der Waals surface area contributed by atoms with Crippen molar-refractivity contribution in [2.75, 3.05) is 13.1 Å². The third-order valence-electron chi connectivity index (χ3n) is 2.91. The summed E-state index contributed by atoms with van der Waals surface area (Å²) in [5.74, 6) is 0. The van der Waals surface area contributed by atoms with E-state index in [4.69, 9.17) is 0 Å². The third kappa shape index (κ3) is 1.95. The molecule has 1 fully saturated rings. The van der Waals surface area contributed by atoms with Crippen LogP contribution in [0.3, 0.4) is 0 Å². The Hall–Kier alpha value is -0.420. The largest absolute Gasteiger partial charge is 0.316 e. The minimum atomic E-state index is -1.23. The Balaban J connectivity index is 2.37. The van der Waals surface area contributed by atoms with Gasteiger partial charge in [0.1, 0.15) is 0 Å². The van der Waals surface area contributed by atoms with Crippen LogP contribution in [0, 0.1) is 0 Å². The van der Waals surface area contributed by atoms with E-state index < -0.39 is 5.67 Å². The van der Waals surface area contributed by atoms with Gasteiger partial charge in [0.15, 0.2) is 5.67 Å². The Labute approximate surface area is 97.2 Å². The average molecular weight is 276 g/mol. The van der Waals surface area contributed by atoms with E-state index in [0.717, 1.165) is 17.6 Å². The van der Waals surface area contributed by atoms with Crippen molar-refractivity contribution < 1.29 is 4.39 Å². The number of hydrogen-bond acceptors (Lipinski definition) is 2. The van der Waals surface area contributed by atoms with Crippen LogP contribution in [0.4, 0.5) is 4.39 Å². The molecule has 0 radical (unpaired) electrons. The minimum Gasteiger partial charge on any atom is -0.316 e. The number of aromatic nitrogens is 2. The molecule has 0 saturated carbocycles. The van der Waals surface area contributed by atoms with Crippen molar-refractivity contribution >= 4 is 15.9 Å². The molecule has 2 rings (SSSR count). The van der Waals surface area contributed by atoms with Crippen molar-refractivity contribution in [3.8, 4) is 0 Å². The lowest BCUT2D eigenvalue weighted by molar-refractivity contribution is 0.103. The van der Waals surface area contributed by atoms with Crippen molar-refractivity contribution in [2.45, 2.75) is 32.0 Å². The highest BCUT2D eigenvalue weighted by Crippen LogP contribution is 2.38. The molecule has 3 nitrogen and oxygen atoms in total. The van der Waals surface area contributed by atoms with E-state index >= 15 is 0 Å². The van der Waals surface area contributed by atoms with Gasteiger partial charge in [-0.05, 0) is 48.8 Å². The second kappa shape index (κ2) is 4.22. The average Bonchev–Trinajstić information content (AvgIpc) is 2.61. The van der Waals surface area contributed by atoms with Gasteiger partial charge >= 0.3 is 0 Å². The summed E-state index contributed by atoms with van der Waals surface area (Å²) in [6.45, 7) is 4.16. The standard InChI is InChI=1S/C10H15BrFN3/c1-2-15-9(8(11)7-14-15)10(12)3-5-13-6-4-10/h7,13H,2-6H2,1H3. The number of piperidine rings is 1. The second-order valence-corrected chi connectivity index (χ2v) is 4.73.